The van der Waals surface area contributed by atoms with E-state index >= 15 is 0 Å². The van der Waals surface area contributed by atoms with Crippen molar-refractivity contribution >= 4 is 23.3 Å². The third kappa shape index (κ3) is 3.92. The predicted octanol–water partition coefficient (Wildman–Crippen LogP) is 3.15. The van der Waals surface area contributed by atoms with Crippen LogP contribution in [0.4, 0.5) is 0 Å². The van der Waals surface area contributed by atoms with Crippen LogP contribution in [0.25, 0.3) is 10.6 Å². The number of carbonyl (C=O) groups is 2. The molecule has 116 valence electrons. The van der Waals surface area contributed by atoms with Crippen LogP contribution in [0.3, 0.4) is 0 Å². The number of hydrogen-bond acceptors (Lipinski definition) is 6. The number of carbonyl (C=O) groups excluding carboxylic acids is 2. The first-order valence-corrected chi connectivity index (χ1v) is 7.75. The fourth-order valence-corrected chi connectivity index (χ4v) is 2.83. The van der Waals surface area contributed by atoms with Crippen LogP contribution in [0.1, 0.15) is 28.5 Å². The molecule has 1 aromatic heterocycles. The lowest BCUT2D eigenvalue weighted by Crippen LogP contribution is -2.16. The molecule has 0 spiro atoms. The van der Waals surface area contributed by atoms with Crippen molar-refractivity contribution in [3.63, 3.8) is 0 Å². The van der Waals surface area contributed by atoms with Crippen molar-refractivity contribution in [2.24, 2.45) is 0 Å². The van der Waals surface area contributed by atoms with Crippen molar-refractivity contribution in [1.29, 1.82) is 0 Å². The van der Waals surface area contributed by atoms with Crippen LogP contribution in [-0.4, -0.2) is 30.1 Å². The van der Waals surface area contributed by atoms with E-state index in [1.165, 1.54) is 16.9 Å². The molecular formula is C16H17NO4S. The van der Waals surface area contributed by atoms with Crippen LogP contribution >= 0.6 is 11.3 Å². The molecule has 0 unspecified atom stereocenters. The minimum absolute atomic E-state index is 0.198. The van der Waals surface area contributed by atoms with E-state index in [9.17, 15) is 9.59 Å². The van der Waals surface area contributed by atoms with E-state index in [1.54, 1.807) is 12.3 Å². The lowest BCUT2D eigenvalue weighted by atomic mass is 10.1. The van der Waals surface area contributed by atoms with Crippen molar-refractivity contribution in [1.82, 2.24) is 4.98 Å². The molecule has 2 rings (SSSR count). The molecule has 0 fully saturated rings. The second kappa shape index (κ2) is 7.17. The average molecular weight is 319 g/mol. The normalized spacial score (nSPS) is 10.3. The zero-order valence-electron chi connectivity index (χ0n) is 12.7. The molecule has 2 aromatic rings. The lowest BCUT2D eigenvalue weighted by Gasteiger charge is -2.03. The Bertz CT molecular complexity index is 693. The Morgan fingerprint density at radius 1 is 1.23 bits per heavy atom. The molecule has 0 bridgehead atoms. The third-order valence-corrected chi connectivity index (χ3v) is 3.83. The first kappa shape index (κ1) is 16.2. The van der Waals surface area contributed by atoms with E-state index in [2.05, 4.69) is 11.1 Å². The summed E-state index contributed by atoms with van der Waals surface area (Å²) < 4.78 is 9.57. The molecule has 0 aliphatic heterocycles. The van der Waals surface area contributed by atoms with Crippen LogP contribution < -0.4 is 0 Å². The number of esters is 2. The molecule has 0 N–H and O–H groups in total. The highest BCUT2D eigenvalue weighted by atomic mass is 32.1. The Labute approximate surface area is 132 Å². The van der Waals surface area contributed by atoms with Crippen LogP contribution in [0.2, 0.25) is 0 Å². The molecule has 0 radical (unpaired) electrons. The number of thiazole rings is 1. The summed E-state index contributed by atoms with van der Waals surface area (Å²) >= 11 is 1.37. The minimum atomic E-state index is -0.625. The minimum Gasteiger partial charge on any atom is -0.463 e. The van der Waals surface area contributed by atoms with Gasteiger partial charge in [0, 0.05) is 10.9 Å². The number of aromatic nitrogens is 1. The van der Waals surface area contributed by atoms with Crippen molar-refractivity contribution in [2.45, 2.75) is 20.8 Å². The fraction of sp³-hybridized carbons (Fsp3) is 0.312. The molecule has 6 heteroatoms. The number of rotatable bonds is 5. The summed E-state index contributed by atoms with van der Waals surface area (Å²) in [5.74, 6) is -1.19. The molecule has 0 amide bonds. The maximum Gasteiger partial charge on any atom is 0.358 e. The zero-order valence-corrected chi connectivity index (χ0v) is 13.5. The van der Waals surface area contributed by atoms with Gasteiger partial charge in [0.15, 0.2) is 12.3 Å². The highest BCUT2D eigenvalue weighted by molar-refractivity contribution is 7.13. The van der Waals surface area contributed by atoms with Crippen LogP contribution in [0.5, 0.6) is 0 Å². The second-order valence-electron chi connectivity index (χ2n) is 4.74. The Balaban J connectivity index is 2.07. The van der Waals surface area contributed by atoms with Gasteiger partial charge in [-0.3, -0.25) is 0 Å². The van der Waals surface area contributed by atoms with E-state index in [-0.39, 0.29) is 12.3 Å². The van der Waals surface area contributed by atoms with Crippen LogP contribution in [0, 0.1) is 13.8 Å². The van der Waals surface area contributed by atoms with Crippen LogP contribution in [-0.2, 0) is 14.3 Å². The van der Waals surface area contributed by atoms with Crippen LogP contribution in [0.15, 0.2) is 23.6 Å². The highest BCUT2D eigenvalue weighted by Gasteiger charge is 2.16. The standard InChI is InChI=1S/C16H17NO4S/c1-4-20-14(18)8-21-16(19)13-9-22-15(17-13)12-6-5-10(2)7-11(12)3/h5-7,9H,4,8H2,1-3H3. The predicted molar refractivity (Wildman–Crippen MR) is 83.9 cm³/mol. The number of aryl methyl sites for hydroxylation is 2. The van der Waals surface area contributed by atoms with E-state index in [0.717, 1.165) is 16.1 Å². The smallest absolute Gasteiger partial charge is 0.358 e. The van der Waals surface area contributed by atoms with Gasteiger partial charge < -0.3 is 9.47 Å². The average Bonchev–Trinajstić information content (AvgIpc) is 2.94. The summed E-state index contributed by atoms with van der Waals surface area (Å²) in [6.07, 6.45) is 0. The van der Waals surface area contributed by atoms with Gasteiger partial charge in [-0.15, -0.1) is 11.3 Å². The first-order valence-electron chi connectivity index (χ1n) is 6.87. The van der Waals surface area contributed by atoms with Gasteiger partial charge in [-0.05, 0) is 26.3 Å². The van der Waals surface area contributed by atoms with Gasteiger partial charge in [-0.2, -0.15) is 0 Å². The molecule has 0 saturated heterocycles. The van der Waals surface area contributed by atoms with E-state index in [1.807, 2.05) is 26.0 Å². The molecule has 0 saturated carbocycles. The Kier molecular flexibility index (Phi) is 5.27. The largest absolute Gasteiger partial charge is 0.463 e. The number of nitrogens with zero attached hydrogens (tertiary/aromatic N) is 1. The first-order chi connectivity index (χ1) is 10.5. The van der Waals surface area contributed by atoms with Crippen molar-refractivity contribution in [2.75, 3.05) is 13.2 Å². The van der Waals surface area contributed by atoms with E-state index < -0.39 is 18.5 Å². The quantitative estimate of drug-likeness (QED) is 0.792. The molecule has 1 aromatic carbocycles. The lowest BCUT2D eigenvalue weighted by molar-refractivity contribution is -0.146. The summed E-state index contributed by atoms with van der Waals surface area (Å²) in [4.78, 5) is 27.3. The zero-order chi connectivity index (χ0) is 16.1. The molecule has 5 nitrogen and oxygen atoms in total. The molecule has 0 aliphatic rings. The van der Waals surface area contributed by atoms with Crippen molar-refractivity contribution in [3.8, 4) is 10.6 Å². The van der Waals surface area contributed by atoms with Gasteiger partial charge in [0.05, 0.1) is 6.61 Å². The van der Waals surface area contributed by atoms with Gasteiger partial charge >= 0.3 is 11.9 Å². The topological polar surface area (TPSA) is 65.5 Å². The van der Waals surface area contributed by atoms with E-state index in [4.69, 9.17) is 9.47 Å². The fourth-order valence-electron chi connectivity index (χ4n) is 1.95. The van der Waals surface area contributed by atoms with Gasteiger partial charge in [0.25, 0.3) is 0 Å². The maximum atomic E-state index is 11.9. The van der Waals surface area contributed by atoms with Crippen molar-refractivity contribution < 1.29 is 19.1 Å². The van der Waals surface area contributed by atoms with E-state index in [0.29, 0.717) is 0 Å². The van der Waals surface area contributed by atoms with Gasteiger partial charge in [-0.1, -0.05) is 23.8 Å². The summed E-state index contributed by atoms with van der Waals surface area (Å²) in [6.45, 7) is 5.57. The van der Waals surface area contributed by atoms with Crippen molar-refractivity contribution in [3.05, 3.63) is 40.4 Å². The number of ether oxygens (including phenoxy) is 2. The molecule has 22 heavy (non-hydrogen) atoms. The summed E-state index contributed by atoms with van der Waals surface area (Å²) in [5, 5.41) is 2.38. The molecule has 1 heterocycles. The summed E-state index contributed by atoms with van der Waals surface area (Å²) in [6, 6.07) is 6.05. The maximum absolute atomic E-state index is 11.9. The third-order valence-electron chi connectivity index (χ3n) is 2.95. The number of benzene rings is 1. The SMILES string of the molecule is CCOC(=O)COC(=O)c1csc(-c2ccc(C)cc2C)n1. The molecular weight excluding hydrogens is 302 g/mol. The Morgan fingerprint density at radius 3 is 2.68 bits per heavy atom. The monoisotopic (exact) mass is 319 g/mol. The van der Waals surface area contributed by atoms with Gasteiger partial charge in [-0.25, -0.2) is 14.6 Å². The Morgan fingerprint density at radius 2 is 2.00 bits per heavy atom. The summed E-state index contributed by atoms with van der Waals surface area (Å²) in [5.41, 5.74) is 3.46. The molecule has 0 atom stereocenters. The number of hydrogen-bond donors (Lipinski definition) is 0. The van der Waals surface area contributed by atoms with Gasteiger partial charge in [0.1, 0.15) is 5.01 Å². The molecule has 0 aliphatic carbocycles. The van der Waals surface area contributed by atoms with Gasteiger partial charge in [0.2, 0.25) is 0 Å². The highest BCUT2D eigenvalue weighted by Crippen LogP contribution is 2.27. The Hall–Kier alpha value is -2.21. The second-order valence-corrected chi connectivity index (χ2v) is 5.60. The summed E-state index contributed by atoms with van der Waals surface area (Å²) in [7, 11) is 0.